The molecule has 4 fully saturated rings. The van der Waals surface area contributed by atoms with E-state index < -0.39 is 55.6 Å². The van der Waals surface area contributed by atoms with Crippen molar-refractivity contribution in [3.63, 3.8) is 0 Å². The van der Waals surface area contributed by atoms with Crippen molar-refractivity contribution in [3.05, 3.63) is 41.6 Å². The zero-order valence-corrected chi connectivity index (χ0v) is 34.9. The number of aryl methyl sites for hydroxylation is 1. The fourth-order valence-corrected chi connectivity index (χ4v) is 10.7. The Balaban J connectivity index is 1.15. The van der Waals surface area contributed by atoms with E-state index in [4.69, 9.17) is 14.5 Å². The summed E-state index contributed by atoms with van der Waals surface area (Å²) in [7, 11) is -2.33. The fraction of sp³-hybridized carbons (Fsp3) is 0.659. The molecule has 8 rings (SSSR count). The van der Waals surface area contributed by atoms with Gasteiger partial charge >= 0.3 is 0 Å². The molecule has 1 saturated heterocycles. The number of carbonyl (C=O) groups is 4. The van der Waals surface area contributed by atoms with Crippen molar-refractivity contribution in [2.45, 2.75) is 152 Å². The van der Waals surface area contributed by atoms with Gasteiger partial charge in [-0.1, -0.05) is 45.8 Å². The number of allylic oxidation sites excluding steroid dienone is 1. The summed E-state index contributed by atoms with van der Waals surface area (Å²) >= 11 is 0. The molecule has 3 aliphatic carbocycles. The molecule has 1 aromatic carbocycles. The van der Waals surface area contributed by atoms with Crippen LogP contribution in [0.1, 0.15) is 135 Å². The number of nitrogens with one attached hydrogen (secondary N) is 2. The average molecular weight is 803 g/mol. The number of rotatable bonds is 8. The van der Waals surface area contributed by atoms with Gasteiger partial charge in [0.15, 0.2) is 0 Å². The largest absolute Gasteiger partial charge is 0.497 e. The number of sulfonamides is 1. The van der Waals surface area contributed by atoms with Crippen LogP contribution in [0.5, 0.6) is 11.5 Å². The smallest absolute Gasteiger partial charge is 0.259 e. The third-order valence-electron chi connectivity index (χ3n) is 13.3. The molecule has 12 nitrogen and oxygen atoms in total. The first-order chi connectivity index (χ1) is 27.0. The van der Waals surface area contributed by atoms with Crippen LogP contribution in [0.2, 0.25) is 0 Å². The third-order valence-corrected chi connectivity index (χ3v) is 15.5. The number of benzene rings is 1. The SMILES string of the molecule is COc1ccc2c3c(c(C4CC4)nc2c1)O[C@]1(CC3)C[C@H]2C(=O)N[C@]3(C(=O)NS(=O)(=O)C4(C)CC4)C[C@H]3/C=C\CCCCC[C@H](CC(=O)CC(C)(C)C)C(=O)N2C1. The quantitative estimate of drug-likeness (QED) is 0.297. The zero-order chi connectivity index (χ0) is 40.5. The van der Waals surface area contributed by atoms with Crippen molar-refractivity contribution >= 4 is 44.4 Å². The predicted octanol–water partition coefficient (Wildman–Crippen LogP) is 6.19. The summed E-state index contributed by atoms with van der Waals surface area (Å²) in [6.07, 6.45) is 12.7. The lowest BCUT2D eigenvalue weighted by atomic mass is 9.85. The summed E-state index contributed by atoms with van der Waals surface area (Å²) in [4.78, 5) is 64.0. The van der Waals surface area contributed by atoms with Crippen molar-refractivity contribution < 1.29 is 37.1 Å². The van der Waals surface area contributed by atoms with Gasteiger partial charge in [0, 0.05) is 54.0 Å². The first-order valence-corrected chi connectivity index (χ1v) is 22.5. The number of pyridine rings is 1. The lowest BCUT2D eigenvalue weighted by molar-refractivity contribution is -0.144. The summed E-state index contributed by atoms with van der Waals surface area (Å²) in [6.45, 7) is 7.80. The van der Waals surface area contributed by atoms with Gasteiger partial charge in [0.25, 0.3) is 5.91 Å². The maximum absolute atomic E-state index is 15.0. The number of hydrogen-bond acceptors (Lipinski definition) is 9. The normalized spacial score (nSPS) is 30.5. The van der Waals surface area contributed by atoms with Crippen LogP contribution in [0.25, 0.3) is 10.9 Å². The Bertz CT molecular complexity index is 2140. The molecule has 1 aromatic heterocycles. The molecule has 308 valence electrons. The molecule has 3 saturated carbocycles. The molecule has 0 bridgehead atoms. The van der Waals surface area contributed by atoms with Crippen molar-refractivity contribution in [1.82, 2.24) is 19.9 Å². The Labute approximate surface area is 336 Å². The van der Waals surface area contributed by atoms with Crippen molar-refractivity contribution in [2.24, 2.45) is 17.3 Å². The topological polar surface area (TPSA) is 161 Å². The lowest BCUT2D eigenvalue weighted by Gasteiger charge is -2.37. The third kappa shape index (κ3) is 7.81. The molecule has 13 heteroatoms. The summed E-state index contributed by atoms with van der Waals surface area (Å²) in [5.74, 6) is -0.787. The van der Waals surface area contributed by atoms with Gasteiger partial charge < -0.3 is 19.7 Å². The minimum Gasteiger partial charge on any atom is -0.497 e. The van der Waals surface area contributed by atoms with E-state index in [9.17, 15) is 27.6 Å². The Morgan fingerprint density at radius 2 is 1.84 bits per heavy atom. The van der Waals surface area contributed by atoms with E-state index in [0.717, 1.165) is 72.2 Å². The van der Waals surface area contributed by atoms with Gasteiger partial charge in [0.1, 0.15) is 34.5 Å². The van der Waals surface area contributed by atoms with Gasteiger partial charge in [0.05, 0.1) is 29.6 Å². The second-order valence-electron chi connectivity index (χ2n) is 19.3. The van der Waals surface area contributed by atoms with Gasteiger partial charge in [-0.15, -0.1) is 0 Å². The molecule has 2 N–H and O–H groups in total. The number of hydrogen-bond donors (Lipinski definition) is 2. The number of nitrogens with zero attached hydrogens (tertiary/aromatic N) is 2. The van der Waals surface area contributed by atoms with Crippen LogP contribution in [0.15, 0.2) is 30.4 Å². The number of amides is 3. The van der Waals surface area contributed by atoms with Crippen molar-refractivity contribution in [1.29, 1.82) is 0 Å². The lowest BCUT2D eigenvalue weighted by Crippen LogP contribution is -2.57. The van der Waals surface area contributed by atoms with Crippen LogP contribution in [0.3, 0.4) is 0 Å². The Kier molecular flexibility index (Phi) is 10.0. The number of aromatic nitrogens is 1. The predicted molar refractivity (Wildman–Crippen MR) is 215 cm³/mol. The van der Waals surface area contributed by atoms with E-state index in [1.54, 1.807) is 18.9 Å². The Morgan fingerprint density at radius 3 is 2.54 bits per heavy atom. The van der Waals surface area contributed by atoms with E-state index in [1.165, 1.54) is 0 Å². The first-order valence-electron chi connectivity index (χ1n) is 21.0. The molecule has 2 aromatic rings. The van der Waals surface area contributed by atoms with Gasteiger partial charge in [-0.05, 0) is 88.7 Å². The molecule has 0 unspecified atom stereocenters. The highest BCUT2D eigenvalue weighted by molar-refractivity contribution is 7.91. The molecule has 1 spiro atoms. The van der Waals surface area contributed by atoms with Crippen LogP contribution < -0.4 is 19.5 Å². The maximum atomic E-state index is 15.0. The van der Waals surface area contributed by atoms with E-state index >= 15 is 0 Å². The van der Waals surface area contributed by atoms with Crippen LogP contribution >= 0.6 is 0 Å². The number of ketones is 1. The standard InChI is InChI=1S/C44H58N4O8S/c1-41(2,3)24-30(49)21-28-11-9-7-6-8-10-12-29-23-44(29,40(52)47-57(53,54)42(4)19-20-42)46-38(50)35-25-43(26-48(35)39(28)51)18-17-33-32-16-15-31(55-5)22-34(32)45-36(27-13-14-27)37(33)56-43/h10,12,15-16,22,27-29,35H,6-9,11,13-14,17-21,23-26H2,1-5H3,(H,46,50)(H,47,52)/b12-10-/t28-,29-,35+,43-,44-/m1/s1. The molecule has 4 heterocycles. The minimum absolute atomic E-state index is 0.0186. The molecular weight excluding hydrogens is 745 g/mol. The molecule has 3 aliphatic heterocycles. The molecule has 0 radical (unpaired) electrons. The molecule has 57 heavy (non-hydrogen) atoms. The van der Waals surface area contributed by atoms with E-state index in [0.29, 0.717) is 38.5 Å². The van der Waals surface area contributed by atoms with Crippen molar-refractivity contribution in [2.75, 3.05) is 13.7 Å². The Morgan fingerprint density at radius 1 is 1.07 bits per heavy atom. The van der Waals surface area contributed by atoms with Crippen LogP contribution in [-0.2, 0) is 35.6 Å². The van der Waals surface area contributed by atoms with Crippen LogP contribution in [0.4, 0.5) is 0 Å². The van der Waals surface area contributed by atoms with Crippen LogP contribution in [-0.4, -0.2) is 77.4 Å². The molecular formula is C44H58N4O8S. The molecule has 6 aliphatic rings. The maximum Gasteiger partial charge on any atom is 0.259 e. The summed E-state index contributed by atoms with van der Waals surface area (Å²) in [5.41, 5.74) is 0.184. The molecule has 3 amide bonds. The van der Waals surface area contributed by atoms with E-state index in [1.807, 2.05) is 51.1 Å². The van der Waals surface area contributed by atoms with Gasteiger partial charge in [-0.3, -0.25) is 23.9 Å². The molecule has 5 atom stereocenters. The second kappa shape index (κ2) is 14.4. The van der Waals surface area contributed by atoms with Gasteiger partial charge in [-0.2, -0.15) is 0 Å². The Hall–Kier alpha value is -4.00. The van der Waals surface area contributed by atoms with Gasteiger partial charge in [0.2, 0.25) is 21.8 Å². The zero-order valence-electron chi connectivity index (χ0n) is 34.1. The monoisotopic (exact) mass is 802 g/mol. The highest BCUT2D eigenvalue weighted by Crippen LogP contribution is 2.52. The first kappa shape index (κ1) is 39.8. The minimum atomic E-state index is -3.97. The summed E-state index contributed by atoms with van der Waals surface area (Å²) in [5, 5.41) is 4.00. The van der Waals surface area contributed by atoms with Crippen molar-refractivity contribution in [3.8, 4) is 11.5 Å². The summed E-state index contributed by atoms with van der Waals surface area (Å²) < 4.78 is 40.5. The number of carbonyl (C=O) groups excluding carboxylic acids is 4. The second-order valence-corrected chi connectivity index (χ2v) is 21.5. The summed E-state index contributed by atoms with van der Waals surface area (Å²) in [6, 6.07) is 4.88. The average Bonchev–Trinajstić information content (AvgIpc) is 4.08. The van der Waals surface area contributed by atoms with E-state index in [2.05, 4.69) is 10.0 Å². The van der Waals surface area contributed by atoms with Crippen LogP contribution in [0, 0.1) is 17.3 Å². The number of fused-ring (bicyclic) bond motifs is 5. The number of methoxy groups -OCH3 is 1. The fourth-order valence-electron chi connectivity index (χ4n) is 9.37. The van der Waals surface area contributed by atoms with E-state index in [-0.39, 0.29) is 48.8 Å². The number of Topliss-reactive ketones (excluding diaryl/α,β-unsaturated/α-hetero) is 1. The highest BCUT2D eigenvalue weighted by atomic mass is 32.2. The highest BCUT2D eigenvalue weighted by Gasteiger charge is 2.64. The number of ether oxygens (including phenoxy) is 2. The van der Waals surface area contributed by atoms with Gasteiger partial charge in [-0.25, -0.2) is 13.4 Å².